The Hall–Kier alpha value is 0.940. The van der Waals surface area contributed by atoms with Gasteiger partial charge in [-0.3, -0.25) is 0 Å². The second kappa shape index (κ2) is 8.54. The summed E-state index contributed by atoms with van der Waals surface area (Å²) in [6.07, 6.45) is 10.5. The zero-order chi connectivity index (χ0) is 14.5. The van der Waals surface area contributed by atoms with E-state index in [1.54, 1.807) is 0 Å². The van der Waals surface area contributed by atoms with Crippen LogP contribution >= 0.6 is 34.2 Å². The first-order valence-corrected chi connectivity index (χ1v) is 10.3. The number of hydrogen-bond acceptors (Lipinski definition) is 2. The Morgan fingerprint density at radius 2 is 1.95 bits per heavy atom. The van der Waals surface area contributed by atoms with Crippen LogP contribution in [0.5, 0.6) is 0 Å². The Balaban J connectivity index is 1.94. The molecule has 0 amide bonds. The van der Waals surface area contributed by atoms with Crippen LogP contribution in [0.3, 0.4) is 0 Å². The van der Waals surface area contributed by atoms with Crippen LogP contribution in [-0.4, -0.2) is 27.9 Å². The Bertz CT molecular complexity index is 284. The van der Waals surface area contributed by atoms with Crippen molar-refractivity contribution < 1.29 is 0 Å². The molecule has 2 nitrogen and oxygen atoms in total. The van der Waals surface area contributed by atoms with Crippen molar-refractivity contribution in [2.24, 2.45) is 17.6 Å². The molecule has 0 spiro atoms. The van der Waals surface area contributed by atoms with Crippen molar-refractivity contribution in [3.63, 3.8) is 0 Å². The Morgan fingerprint density at radius 3 is 2.50 bits per heavy atom. The number of hydrogen-bond donors (Lipinski definition) is 2. The molecule has 0 aromatic rings. The minimum Gasteiger partial charge on any atom is -0.328 e. The van der Waals surface area contributed by atoms with Gasteiger partial charge in [0.25, 0.3) is 0 Å². The lowest BCUT2D eigenvalue weighted by Gasteiger charge is -2.37. The third-order valence-electron chi connectivity index (χ3n) is 4.83. The lowest BCUT2D eigenvalue weighted by Crippen LogP contribution is -2.48. The molecule has 0 aliphatic heterocycles. The topological polar surface area (TPSA) is 38.0 Å². The quantitative estimate of drug-likeness (QED) is 0.465. The van der Waals surface area contributed by atoms with Gasteiger partial charge in [0, 0.05) is 27.9 Å². The van der Waals surface area contributed by atoms with E-state index in [9.17, 15) is 0 Å². The summed E-state index contributed by atoms with van der Waals surface area (Å²) in [6, 6.07) is 1.44. The van der Waals surface area contributed by atoms with Gasteiger partial charge in [0.05, 0.1) is 0 Å². The summed E-state index contributed by atoms with van der Waals surface area (Å²) >= 11 is 9.14. The van der Waals surface area contributed by atoms with E-state index >= 15 is 0 Å². The van der Waals surface area contributed by atoms with Crippen LogP contribution in [0.25, 0.3) is 0 Å². The first-order chi connectivity index (χ1) is 9.60. The van der Waals surface area contributed by atoms with E-state index in [4.69, 9.17) is 17.3 Å². The average molecular weight is 413 g/mol. The zero-order valence-electron chi connectivity index (χ0n) is 12.7. The van der Waals surface area contributed by atoms with Crippen molar-refractivity contribution in [3.8, 4) is 0 Å². The zero-order valence-corrected chi connectivity index (χ0v) is 15.6. The van der Waals surface area contributed by atoms with Crippen LogP contribution in [0.1, 0.15) is 58.3 Å². The second-order valence-corrected chi connectivity index (χ2v) is 8.42. The molecule has 118 valence electrons. The molecule has 2 aliphatic rings. The normalized spacial score (nSPS) is 31.8. The average Bonchev–Trinajstić information content (AvgIpc) is 3.21. The van der Waals surface area contributed by atoms with Crippen molar-refractivity contribution in [1.82, 2.24) is 5.32 Å². The fourth-order valence-electron chi connectivity index (χ4n) is 3.57. The van der Waals surface area contributed by atoms with Gasteiger partial charge < -0.3 is 11.1 Å². The molecule has 0 saturated heterocycles. The third-order valence-corrected chi connectivity index (χ3v) is 6.43. The summed E-state index contributed by atoms with van der Waals surface area (Å²) in [6.45, 7) is 2.11. The lowest BCUT2D eigenvalue weighted by molar-refractivity contribution is 0.238. The molecule has 4 heteroatoms. The van der Waals surface area contributed by atoms with Crippen LogP contribution in [0.15, 0.2) is 0 Å². The Kier molecular flexibility index (Phi) is 7.39. The van der Waals surface area contributed by atoms with Crippen molar-refractivity contribution in [3.05, 3.63) is 0 Å². The summed E-state index contributed by atoms with van der Waals surface area (Å²) in [5.74, 6) is 1.63. The van der Waals surface area contributed by atoms with E-state index in [1.165, 1.54) is 44.9 Å². The van der Waals surface area contributed by atoms with E-state index in [1.807, 2.05) is 0 Å². The Labute approximate surface area is 143 Å². The van der Waals surface area contributed by atoms with Gasteiger partial charge in [0.2, 0.25) is 0 Å². The van der Waals surface area contributed by atoms with Crippen LogP contribution in [-0.2, 0) is 0 Å². The van der Waals surface area contributed by atoms with Crippen LogP contribution in [0.2, 0.25) is 0 Å². The van der Waals surface area contributed by atoms with Gasteiger partial charge >= 0.3 is 0 Å². The highest BCUT2D eigenvalue weighted by Crippen LogP contribution is 2.39. The first kappa shape index (κ1) is 17.3. The summed E-state index contributed by atoms with van der Waals surface area (Å²) in [7, 11) is 0. The van der Waals surface area contributed by atoms with Crippen LogP contribution in [0, 0.1) is 11.8 Å². The highest BCUT2D eigenvalue weighted by Gasteiger charge is 2.35. The minimum absolute atomic E-state index is 0.280. The molecule has 0 bridgehead atoms. The number of nitrogens with two attached hydrogens (primary N) is 1. The van der Waals surface area contributed by atoms with Crippen molar-refractivity contribution in [2.45, 2.75) is 81.8 Å². The van der Waals surface area contributed by atoms with Crippen molar-refractivity contribution in [1.29, 1.82) is 0 Å². The molecule has 2 saturated carbocycles. The predicted molar refractivity (Wildman–Crippen MR) is 96.8 cm³/mol. The standard InChI is InChI=1S/C16H30ClIN2/c1-11(19)8-13(10-18)20-16(9-12-6-7-12)14-4-2-3-5-15(14)17/h11-16,20H,2-10,19H2,1H3/t11?,13?,14?,15?,16-/m1/s1. The number of rotatable bonds is 8. The van der Waals surface area contributed by atoms with Crippen molar-refractivity contribution in [2.75, 3.05) is 4.43 Å². The monoisotopic (exact) mass is 412 g/mol. The maximum Gasteiger partial charge on any atom is 0.0379 e. The number of nitrogens with one attached hydrogen (secondary N) is 1. The largest absolute Gasteiger partial charge is 0.328 e. The maximum atomic E-state index is 6.65. The van der Waals surface area contributed by atoms with Gasteiger partial charge in [0.15, 0.2) is 0 Å². The third kappa shape index (κ3) is 5.62. The van der Waals surface area contributed by atoms with E-state index in [2.05, 4.69) is 34.8 Å². The van der Waals surface area contributed by atoms with Crippen molar-refractivity contribution >= 4 is 34.2 Å². The molecule has 2 rings (SSSR count). The molecular weight excluding hydrogens is 383 g/mol. The summed E-state index contributed by atoms with van der Waals surface area (Å²) in [5, 5.41) is 4.31. The predicted octanol–water partition coefficient (Wildman–Crippen LogP) is 4.08. The molecule has 0 aromatic carbocycles. The summed E-state index contributed by atoms with van der Waals surface area (Å²) < 4.78 is 1.14. The number of alkyl halides is 2. The maximum absolute atomic E-state index is 6.65. The highest BCUT2D eigenvalue weighted by molar-refractivity contribution is 14.1. The molecular formula is C16H30ClIN2. The Morgan fingerprint density at radius 1 is 1.25 bits per heavy atom. The van der Waals surface area contributed by atoms with Gasteiger partial charge in [-0.2, -0.15) is 0 Å². The smallest absolute Gasteiger partial charge is 0.0379 e. The van der Waals surface area contributed by atoms with E-state index in [0.29, 0.717) is 23.4 Å². The first-order valence-electron chi connectivity index (χ1n) is 8.31. The van der Waals surface area contributed by atoms with E-state index < -0.39 is 0 Å². The lowest BCUT2D eigenvalue weighted by atomic mass is 9.81. The van der Waals surface area contributed by atoms with E-state index in [-0.39, 0.29) is 6.04 Å². The van der Waals surface area contributed by atoms with E-state index in [0.717, 1.165) is 16.8 Å². The fourth-order valence-corrected chi connectivity index (χ4v) is 4.64. The molecule has 2 aliphatic carbocycles. The number of halogens is 2. The molecule has 0 heterocycles. The fraction of sp³-hybridized carbons (Fsp3) is 1.00. The molecule has 0 radical (unpaired) electrons. The minimum atomic E-state index is 0.280. The molecule has 2 fully saturated rings. The summed E-state index contributed by atoms with van der Waals surface area (Å²) in [4.78, 5) is 0. The van der Waals surface area contributed by atoms with Crippen LogP contribution in [0.4, 0.5) is 0 Å². The molecule has 20 heavy (non-hydrogen) atoms. The molecule has 0 aromatic heterocycles. The molecule has 4 unspecified atom stereocenters. The highest BCUT2D eigenvalue weighted by atomic mass is 127. The second-order valence-electron chi connectivity index (χ2n) is 6.98. The van der Waals surface area contributed by atoms with Gasteiger partial charge in [-0.15, -0.1) is 11.6 Å². The molecule has 5 atom stereocenters. The van der Waals surface area contributed by atoms with Gasteiger partial charge in [-0.05, 0) is 44.4 Å². The molecule has 3 N–H and O–H groups in total. The van der Waals surface area contributed by atoms with Crippen LogP contribution < -0.4 is 11.1 Å². The summed E-state index contributed by atoms with van der Waals surface area (Å²) in [5.41, 5.74) is 5.99. The van der Waals surface area contributed by atoms with Gasteiger partial charge in [-0.1, -0.05) is 48.3 Å². The SMILES string of the molecule is CC(N)CC(CI)N[C@H](CC1CC1)C1CCCCC1Cl. The van der Waals surface area contributed by atoms with Gasteiger partial charge in [0.1, 0.15) is 0 Å². The van der Waals surface area contributed by atoms with Gasteiger partial charge in [-0.25, -0.2) is 0 Å².